The van der Waals surface area contributed by atoms with Crippen molar-refractivity contribution < 1.29 is 43.0 Å². The second kappa shape index (κ2) is 22.1. The fourth-order valence-corrected chi connectivity index (χ4v) is 7.04. The topological polar surface area (TPSA) is 231 Å². The van der Waals surface area contributed by atoms with E-state index in [2.05, 4.69) is 37.0 Å². The van der Waals surface area contributed by atoms with Gasteiger partial charge in [0.25, 0.3) is 17.7 Å². The number of amides is 6. The summed E-state index contributed by atoms with van der Waals surface area (Å²) in [5, 5.41) is 21.8. The molecule has 0 spiro atoms. The first-order valence-corrected chi connectivity index (χ1v) is 19.9. The average molecular weight is 857 g/mol. The number of carbonyl (C=O) groups excluding carboxylic acids is 7. The molecule has 3 heterocycles. The van der Waals surface area contributed by atoms with Gasteiger partial charge in [-0.1, -0.05) is 35.3 Å². The first kappa shape index (κ1) is 44.7. The molecular formula is C39H47Cl2N9O9. The van der Waals surface area contributed by atoms with Gasteiger partial charge in [-0.2, -0.15) is 5.10 Å². The SMILES string of the molecule is CN(C(=O)c1cccc(NCCOCCOCCC(=O)NCCn2cc(NC(=O)c3c(Cl)cccc3Cl)c(C(=O)NC3CCNCC3)n2)c1C=O)C1CCC(=O)NC1=O. The maximum atomic E-state index is 13.3. The lowest BCUT2D eigenvalue weighted by molar-refractivity contribution is -0.136. The van der Waals surface area contributed by atoms with Crippen molar-refractivity contribution in [2.24, 2.45) is 0 Å². The Morgan fingerprint density at radius 3 is 2.36 bits per heavy atom. The van der Waals surface area contributed by atoms with Crippen LogP contribution in [-0.4, -0.2) is 128 Å². The van der Waals surface area contributed by atoms with E-state index in [1.54, 1.807) is 18.2 Å². The number of aldehydes is 1. The Labute approximate surface area is 350 Å². The van der Waals surface area contributed by atoms with E-state index in [0.29, 0.717) is 18.5 Å². The van der Waals surface area contributed by atoms with Crippen LogP contribution in [0.4, 0.5) is 11.4 Å². The Hall–Kier alpha value is -5.40. The van der Waals surface area contributed by atoms with Gasteiger partial charge in [-0.15, -0.1) is 0 Å². The summed E-state index contributed by atoms with van der Waals surface area (Å²) in [6, 6.07) is 8.59. The molecule has 2 saturated heterocycles. The van der Waals surface area contributed by atoms with E-state index < -0.39 is 35.6 Å². The zero-order chi connectivity index (χ0) is 42.3. The van der Waals surface area contributed by atoms with Gasteiger partial charge in [-0.3, -0.25) is 43.6 Å². The summed E-state index contributed by atoms with van der Waals surface area (Å²) in [4.78, 5) is 89.1. The van der Waals surface area contributed by atoms with Crippen LogP contribution < -0.4 is 31.9 Å². The van der Waals surface area contributed by atoms with Crippen molar-refractivity contribution in [3.63, 3.8) is 0 Å². The summed E-state index contributed by atoms with van der Waals surface area (Å²) < 4.78 is 12.6. The summed E-state index contributed by atoms with van der Waals surface area (Å²) in [7, 11) is 1.46. The minimum absolute atomic E-state index is 0.0151. The third-order valence-corrected chi connectivity index (χ3v) is 10.2. The highest BCUT2D eigenvalue weighted by atomic mass is 35.5. The zero-order valence-corrected chi connectivity index (χ0v) is 34.0. The molecule has 5 rings (SSSR count). The molecule has 20 heteroatoms. The summed E-state index contributed by atoms with van der Waals surface area (Å²) in [6.07, 6.45) is 3.99. The number of hydrogen-bond donors (Lipinski definition) is 6. The van der Waals surface area contributed by atoms with E-state index in [1.165, 1.54) is 41.0 Å². The molecule has 0 saturated carbocycles. The molecule has 0 bridgehead atoms. The number of carbonyl (C=O) groups is 7. The molecule has 2 aliphatic rings. The van der Waals surface area contributed by atoms with Crippen molar-refractivity contribution in [3.05, 3.63) is 75.0 Å². The molecule has 59 heavy (non-hydrogen) atoms. The number of rotatable bonds is 20. The number of benzene rings is 2. The van der Waals surface area contributed by atoms with Gasteiger partial charge >= 0.3 is 0 Å². The van der Waals surface area contributed by atoms with Crippen LogP contribution in [-0.2, 0) is 30.4 Å². The molecule has 316 valence electrons. The normalized spacial score (nSPS) is 15.5. The van der Waals surface area contributed by atoms with Gasteiger partial charge in [-0.25, -0.2) is 0 Å². The second-order valence-corrected chi connectivity index (χ2v) is 14.5. The minimum Gasteiger partial charge on any atom is -0.382 e. The van der Waals surface area contributed by atoms with Crippen molar-refractivity contribution >= 4 is 76.3 Å². The summed E-state index contributed by atoms with van der Waals surface area (Å²) in [5.41, 5.74) is 0.921. The van der Waals surface area contributed by atoms with E-state index in [-0.39, 0.29) is 109 Å². The Bertz CT molecular complexity index is 2000. The molecule has 6 amide bonds. The number of hydrogen-bond acceptors (Lipinski definition) is 12. The summed E-state index contributed by atoms with van der Waals surface area (Å²) in [5.74, 6) is -2.78. The van der Waals surface area contributed by atoms with Crippen molar-refractivity contribution in [2.45, 2.75) is 50.7 Å². The third-order valence-electron chi connectivity index (χ3n) is 9.61. The highest BCUT2D eigenvalue weighted by Crippen LogP contribution is 2.26. The molecule has 6 N–H and O–H groups in total. The largest absolute Gasteiger partial charge is 0.382 e. The van der Waals surface area contributed by atoms with Crippen LogP contribution in [0.1, 0.15) is 73.7 Å². The second-order valence-electron chi connectivity index (χ2n) is 13.7. The predicted octanol–water partition coefficient (Wildman–Crippen LogP) is 2.27. The van der Waals surface area contributed by atoms with E-state index in [0.717, 1.165) is 25.9 Å². The summed E-state index contributed by atoms with van der Waals surface area (Å²) >= 11 is 12.5. The number of piperidine rings is 2. The van der Waals surface area contributed by atoms with Crippen molar-refractivity contribution in [1.29, 1.82) is 0 Å². The van der Waals surface area contributed by atoms with Crippen molar-refractivity contribution in [1.82, 2.24) is 35.9 Å². The molecule has 2 aliphatic heterocycles. The maximum absolute atomic E-state index is 13.3. The highest BCUT2D eigenvalue weighted by molar-refractivity contribution is 6.40. The van der Waals surface area contributed by atoms with Crippen molar-refractivity contribution in [2.75, 3.05) is 70.3 Å². The lowest BCUT2D eigenvalue weighted by Gasteiger charge is -2.30. The molecule has 1 atom stereocenters. The number of ether oxygens (including phenoxy) is 2. The first-order valence-electron chi connectivity index (χ1n) is 19.2. The molecule has 2 fully saturated rings. The van der Waals surface area contributed by atoms with Gasteiger partial charge in [0.1, 0.15) is 6.04 Å². The zero-order valence-electron chi connectivity index (χ0n) is 32.4. The Balaban J connectivity index is 1.00. The average Bonchev–Trinajstić information content (AvgIpc) is 3.62. The molecule has 0 aliphatic carbocycles. The quantitative estimate of drug-likeness (QED) is 0.0546. The standard InChI is InChI=1S/C39H47Cl2N9O9/c1-49(31-8-9-33(53)47-36(31)54)39(57)25-4-2-7-29(26(25)23-51)43-16-19-59-21-20-58-18-12-32(52)44-15-17-50-22-30(46-37(55)34-27(40)5-3-6-28(34)41)35(48-50)38(56)45-24-10-13-42-14-11-24/h2-7,22-24,31,42-43H,8-21H2,1H3,(H,44,52)(H,45,56)(H,46,55)(H,47,53,54). The predicted molar refractivity (Wildman–Crippen MR) is 218 cm³/mol. The van der Waals surface area contributed by atoms with Crippen LogP contribution in [0.25, 0.3) is 0 Å². The van der Waals surface area contributed by atoms with Crippen LogP contribution in [0, 0.1) is 0 Å². The minimum atomic E-state index is -0.825. The molecule has 18 nitrogen and oxygen atoms in total. The van der Waals surface area contributed by atoms with Crippen molar-refractivity contribution in [3.8, 4) is 0 Å². The maximum Gasteiger partial charge on any atom is 0.274 e. The lowest BCUT2D eigenvalue weighted by Crippen LogP contribution is -2.53. The van der Waals surface area contributed by atoms with E-state index in [1.807, 2.05) is 0 Å². The van der Waals surface area contributed by atoms with E-state index in [9.17, 15) is 33.6 Å². The van der Waals surface area contributed by atoms with Gasteiger partial charge < -0.3 is 41.0 Å². The van der Waals surface area contributed by atoms with Crippen LogP contribution >= 0.6 is 23.2 Å². The van der Waals surface area contributed by atoms with Gasteiger partial charge in [0.05, 0.1) is 65.4 Å². The van der Waals surface area contributed by atoms with Crippen LogP contribution in [0.3, 0.4) is 0 Å². The monoisotopic (exact) mass is 855 g/mol. The van der Waals surface area contributed by atoms with Gasteiger partial charge in [0, 0.05) is 50.9 Å². The Morgan fingerprint density at radius 1 is 0.932 bits per heavy atom. The molecule has 1 unspecified atom stereocenters. The van der Waals surface area contributed by atoms with Gasteiger partial charge in [0.2, 0.25) is 17.7 Å². The number of likely N-dealkylation sites (N-methyl/N-ethyl adjacent to an activating group) is 1. The van der Waals surface area contributed by atoms with Crippen LogP contribution in [0.5, 0.6) is 0 Å². The van der Waals surface area contributed by atoms with Gasteiger partial charge in [-0.05, 0) is 56.6 Å². The number of halogens is 2. The lowest BCUT2D eigenvalue weighted by atomic mass is 10.0. The number of aromatic nitrogens is 2. The first-order chi connectivity index (χ1) is 28.5. The Morgan fingerprint density at radius 2 is 1.64 bits per heavy atom. The molecule has 1 aromatic heterocycles. The number of nitrogens with one attached hydrogen (secondary N) is 6. The third kappa shape index (κ3) is 12.5. The number of nitrogens with zero attached hydrogens (tertiary/aromatic N) is 3. The Kier molecular flexibility index (Phi) is 16.7. The fourth-order valence-electron chi connectivity index (χ4n) is 6.47. The van der Waals surface area contributed by atoms with E-state index in [4.69, 9.17) is 32.7 Å². The molecular weight excluding hydrogens is 809 g/mol. The molecule has 3 aromatic rings. The smallest absolute Gasteiger partial charge is 0.274 e. The molecule has 2 aromatic carbocycles. The van der Waals surface area contributed by atoms with Crippen LogP contribution in [0.15, 0.2) is 42.6 Å². The van der Waals surface area contributed by atoms with E-state index >= 15 is 0 Å². The number of anilines is 2. The van der Waals surface area contributed by atoms with Gasteiger partial charge in [0.15, 0.2) is 12.0 Å². The fraction of sp³-hybridized carbons (Fsp3) is 0.436. The number of imide groups is 1. The highest BCUT2D eigenvalue weighted by Gasteiger charge is 2.33. The summed E-state index contributed by atoms with van der Waals surface area (Å²) in [6.45, 7) is 3.13. The van der Waals surface area contributed by atoms with Crippen LogP contribution in [0.2, 0.25) is 10.0 Å². The molecule has 0 radical (unpaired) electrons.